The maximum Gasteiger partial charge on any atom is 0.281 e. The number of ether oxygens (including phenoxy) is 1. The molecule has 3 heterocycles. The van der Waals surface area contributed by atoms with Gasteiger partial charge in [0.2, 0.25) is 0 Å². The van der Waals surface area contributed by atoms with Gasteiger partial charge >= 0.3 is 0 Å². The molecule has 9 heteroatoms. The predicted molar refractivity (Wildman–Crippen MR) is 108 cm³/mol. The number of benzene rings is 1. The highest BCUT2D eigenvalue weighted by molar-refractivity contribution is 7.12. The van der Waals surface area contributed by atoms with Gasteiger partial charge in [0.15, 0.2) is 6.61 Å². The van der Waals surface area contributed by atoms with Crippen molar-refractivity contribution >= 4 is 40.0 Å². The highest BCUT2D eigenvalue weighted by atomic mass is 32.1. The third-order valence-electron chi connectivity index (χ3n) is 4.23. The van der Waals surface area contributed by atoms with Crippen LogP contribution in [0.3, 0.4) is 0 Å². The first-order valence-corrected chi connectivity index (χ1v) is 10.2. The summed E-state index contributed by atoms with van der Waals surface area (Å²) in [6, 6.07) is 13.5. The number of hydrogen-bond donors (Lipinski definition) is 0. The van der Waals surface area contributed by atoms with Gasteiger partial charge in [0.1, 0.15) is 5.75 Å². The molecule has 7 nitrogen and oxygen atoms in total. The van der Waals surface area contributed by atoms with Crippen LogP contribution < -0.4 is 4.74 Å². The fourth-order valence-corrected chi connectivity index (χ4v) is 4.47. The van der Waals surface area contributed by atoms with Crippen molar-refractivity contribution in [3.8, 4) is 5.75 Å². The minimum Gasteiger partial charge on any atom is -0.483 e. The Morgan fingerprint density at radius 1 is 1.21 bits per heavy atom. The number of carbonyl (C=O) groups excluding carboxylic acids is 1. The third kappa shape index (κ3) is 3.80. The molecule has 0 spiro atoms. The number of hydrazone groups is 1. The highest BCUT2D eigenvalue weighted by Gasteiger charge is 2.34. The Morgan fingerprint density at radius 2 is 2.04 bits per heavy atom. The number of nitro benzene ring substituents is 1. The van der Waals surface area contributed by atoms with E-state index in [0.717, 1.165) is 15.5 Å². The van der Waals surface area contributed by atoms with E-state index < -0.39 is 4.92 Å². The van der Waals surface area contributed by atoms with Gasteiger partial charge in [-0.15, -0.1) is 22.7 Å². The molecule has 0 fully saturated rings. The van der Waals surface area contributed by atoms with Crippen LogP contribution in [-0.4, -0.2) is 28.2 Å². The van der Waals surface area contributed by atoms with Gasteiger partial charge in [-0.3, -0.25) is 14.9 Å². The number of carbonyl (C=O) groups is 1. The van der Waals surface area contributed by atoms with E-state index in [4.69, 9.17) is 4.74 Å². The van der Waals surface area contributed by atoms with E-state index in [0.29, 0.717) is 6.42 Å². The molecule has 1 atom stereocenters. The fourth-order valence-electron chi connectivity index (χ4n) is 2.93. The molecule has 4 rings (SSSR count). The highest BCUT2D eigenvalue weighted by Crippen LogP contribution is 2.36. The molecule has 0 saturated heterocycles. The largest absolute Gasteiger partial charge is 0.483 e. The standard InChI is InChI=1S/C19H15N3O4S2/c23-19(12-26-14-5-1-4-13(10-14)22(24)25)21-16(18-7-3-9-28-18)11-15(20-21)17-6-2-8-27-17/h1-10,16H,11-12H2/t16-/m1/s1. The predicted octanol–water partition coefficient (Wildman–Crippen LogP) is 4.47. The minimum atomic E-state index is -0.500. The summed E-state index contributed by atoms with van der Waals surface area (Å²) >= 11 is 3.17. The zero-order chi connectivity index (χ0) is 19.5. The van der Waals surface area contributed by atoms with Gasteiger partial charge in [0.25, 0.3) is 11.6 Å². The maximum absolute atomic E-state index is 12.8. The van der Waals surface area contributed by atoms with Gasteiger partial charge in [0, 0.05) is 17.4 Å². The molecule has 0 N–H and O–H groups in total. The first-order valence-electron chi connectivity index (χ1n) is 8.46. The third-order valence-corrected chi connectivity index (χ3v) is 6.13. The molecule has 1 aliphatic rings. The lowest BCUT2D eigenvalue weighted by molar-refractivity contribution is -0.384. The smallest absolute Gasteiger partial charge is 0.281 e. The molecule has 142 valence electrons. The summed E-state index contributed by atoms with van der Waals surface area (Å²) in [5.41, 5.74) is 0.790. The summed E-state index contributed by atoms with van der Waals surface area (Å²) in [5.74, 6) is -0.0201. The zero-order valence-electron chi connectivity index (χ0n) is 14.6. The zero-order valence-corrected chi connectivity index (χ0v) is 16.2. The molecular formula is C19H15N3O4S2. The topological polar surface area (TPSA) is 85.0 Å². The maximum atomic E-state index is 12.8. The van der Waals surface area contributed by atoms with Crippen molar-refractivity contribution in [2.24, 2.45) is 5.10 Å². The van der Waals surface area contributed by atoms with Crippen LogP contribution in [0.1, 0.15) is 22.2 Å². The number of non-ortho nitro benzene ring substituents is 1. The summed E-state index contributed by atoms with van der Waals surface area (Å²) in [6.07, 6.45) is 0.642. The van der Waals surface area contributed by atoms with Crippen LogP contribution in [0.5, 0.6) is 5.75 Å². The average molecular weight is 413 g/mol. The van der Waals surface area contributed by atoms with E-state index >= 15 is 0 Å². The summed E-state index contributed by atoms with van der Waals surface area (Å²) < 4.78 is 5.50. The molecule has 2 aromatic heterocycles. The van der Waals surface area contributed by atoms with Gasteiger partial charge in [-0.25, -0.2) is 5.01 Å². The molecule has 1 amide bonds. The molecule has 0 unspecified atom stereocenters. The van der Waals surface area contributed by atoms with Crippen molar-refractivity contribution in [2.75, 3.05) is 6.61 Å². The van der Waals surface area contributed by atoms with E-state index in [-0.39, 0.29) is 30.0 Å². The Morgan fingerprint density at radius 3 is 2.75 bits per heavy atom. The van der Waals surface area contributed by atoms with Crippen molar-refractivity contribution < 1.29 is 14.5 Å². The minimum absolute atomic E-state index is 0.0828. The second-order valence-electron chi connectivity index (χ2n) is 6.04. The normalized spacial score (nSPS) is 16.1. The van der Waals surface area contributed by atoms with Crippen LogP contribution in [0.25, 0.3) is 0 Å². The number of rotatable bonds is 6. The first-order chi connectivity index (χ1) is 13.6. The molecule has 0 radical (unpaired) electrons. The van der Waals surface area contributed by atoms with Crippen LogP contribution in [0.4, 0.5) is 5.69 Å². The van der Waals surface area contributed by atoms with Crippen molar-refractivity contribution in [1.29, 1.82) is 0 Å². The second kappa shape index (κ2) is 7.91. The Bertz CT molecular complexity index is 1020. The SMILES string of the molecule is O=C(COc1cccc([N+](=O)[O-])c1)N1N=C(c2cccs2)C[C@@H]1c1cccs1. The van der Waals surface area contributed by atoms with E-state index in [1.807, 2.05) is 35.0 Å². The van der Waals surface area contributed by atoms with Gasteiger partial charge in [-0.1, -0.05) is 18.2 Å². The molecule has 1 aliphatic heterocycles. The van der Waals surface area contributed by atoms with E-state index in [9.17, 15) is 14.9 Å². The Labute approximate surface area is 168 Å². The summed E-state index contributed by atoms with van der Waals surface area (Å²) in [5, 5.41) is 20.9. The Balaban J connectivity index is 1.52. The first kappa shape index (κ1) is 18.3. The van der Waals surface area contributed by atoms with Gasteiger partial charge in [-0.05, 0) is 29.0 Å². The summed E-state index contributed by atoms with van der Waals surface area (Å²) in [4.78, 5) is 25.3. The number of thiophene rings is 2. The Hall–Kier alpha value is -3.04. The molecule has 0 aliphatic carbocycles. The van der Waals surface area contributed by atoms with Gasteiger partial charge in [-0.2, -0.15) is 5.10 Å². The Kier molecular flexibility index (Phi) is 5.18. The van der Waals surface area contributed by atoms with Crippen LogP contribution in [0, 0.1) is 10.1 Å². The molecule has 0 saturated carbocycles. The number of hydrogen-bond acceptors (Lipinski definition) is 7. The molecule has 3 aromatic rings. The van der Waals surface area contributed by atoms with Crippen molar-refractivity contribution in [1.82, 2.24) is 5.01 Å². The van der Waals surface area contributed by atoms with Crippen LogP contribution >= 0.6 is 22.7 Å². The van der Waals surface area contributed by atoms with Gasteiger partial charge in [0.05, 0.1) is 27.6 Å². The van der Waals surface area contributed by atoms with Crippen LogP contribution in [-0.2, 0) is 4.79 Å². The molecular weight excluding hydrogens is 398 g/mol. The van der Waals surface area contributed by atoms with E-state index in [1.54, 1.807) is 28.7 Å². The van der Waals surface area contributed by atoms with E-state index in [1.165, 1.54) is 23.2 Å². The van der Waals surface area contributed by atoms with Crippen molar-refractivity contribution in [2.45, 2.75) is 12.5 Å². The lowest BCUT2D eigenvalue weighted by atomic mass is 10.1. The van der Waals surface area contributed by atoms with Crippen molar-refractivity contribution in [3.63, 3.8) is 0 Å². The number of nitro groups is 1. The van der Waals surface area contributed by atoms with Crippen molar-refractivity contribution in [3.05, 3.63) is 79.2 Å². The second-order valence-corrected chi connectivity index (χ2v) is 7.97. The number of nitrogens with zero attached hydrogens (tertiary/aromatic N) is 3. The quantitative estimate of drug-likeness (QED) is 0.441. The summed E-state index contributed by atoms with van der Waals surface area (Å²) in [6.45, 7) is -0.246. The average Bonchev–Trinajstić information content (AvgIpc) is 3.46. The van der Waals surface area contributed by atoms with Crippen LogP contribution in [0.15, 0.2) is 64.4 Å². The van der Waals surface area contributed by atoms with Crippen LogP contribution in [0.2, 0.25) is 0 Å². The number of amides is 1. The molecule has 28 heavy (non-hydrogen) atoms. The lowest BCUT2D eigenvalue weighted by Crippen LogP contribution is -2.31. The molecule has 1 aromatic carbocycles. The molecule has 0 bridgehead atoms. The van der Waals surface area contributed by atoms with Gasteiger partial charge < -0.3 is 4.74 Å². The van der Waals surface area contributed by atoms with E-state index in [2.05, 4.69) is 5.10 Å². The monoisotopic (exact) mass is 413 g/mol. The summed E-state index contributed by atoms with van der Waals surface area (Å²) in [7, 11) is 0. The lowest BCUT2D eigenvalue weighted by Gasteiger charge is -2.20. The fraction of sp³-hybridized carbons (Fsp3) is 0.158.